The first-order chi connectivity index (χ1) is 13.3. The molecule has 2 fully saturated rings. The Morgan fingerprint density at radius 1 is 1.07 bits per heavy atom. The Labute approximate surface area is 162 Å². The van der Waals surface area contributed by atoms with Crippen molar-refractivity contribution < 1.29 is 22.8 Å². The quantitative estimate of drug-likeness (QED) is 0.778. The van der Waals surface area contributed by atoms with Crippen molar-refractivity contribution in [3.63, 3.8) is 0 Å². The Hall–Kier alpha value is -2.09. The third-order valence-corrected chi connectivity index (χ3v) is 5.77. The van der Waals surface area contributed by atoms with Gasteiger partial charge in [-0.05, 0) is 43.9 Å². The van der Waals surface area contributed by atoms with Gasteiger partial charge in [-0.15, -0.1) is 0 Å². The molecular weight excluding hydrogens is 371 g/mol. The lowest BCUT2D eigenvalue weighted by atomic mass is 9.75. The van der Waals surface area contributed by atoms with Gasteiger partial charge in [-0.25, -0.2) is 13.2 Å². The van der Waals surface area contributed by atoms with Crippen LogP contribution in [0.1, 0.15) is 32.1 Å². The van der Waals surface area contributed by atoms with Crippen LogP contribution in [0.15, 0.2) is 12.1 Å². The lowest BCUT2D eigenvalue weighted by molar-refractivity contribution is -0.135. The molecule has 5 nitrogen and oxygen atoms in total. The highest BCUT2D eigenvalue weighted by atomic mass is 19.2. The molecular formula is C20H26F3N3O2. The minimum atomic E-state index is -1.63. The standard InChI is InChI=1S/C20H26F3N3O2/c1-25(11-17(27)24-16-7-6-15(21)19(22)20(16)23)12-18(28)26-9-8-13-4-2-3-5-14(13)10-26/h6-7,13-14H,2-5,8-12H2,1H3,(H,24,27)/t13-,14+/m0/s1. The van der Waals surface area contributed by atoms with Crippen LogP contribution in [0.2, 0.25) is 0 Å². The third kappa shape index (κ3) is 4.84. The molecule has 3 rings (SSSR count). The maximum Gasteiger partial charge on any atom is 0.238 e. The summed E-state index contributed by atoms with van der Waals surface area (Å²) in [7, 11) is 1.62. The van der Waals surface area contributed by atoms with E-state index in [1.807, 2.05) is 4.90 Å². The first-order valence-electron chi connectivity index (χ1n) is 9.75. The number of amides is 2. The molecule has 0 unspecified atom stereocenters. The van der Waals surface area contributed by atoms with E-state index < -0.39 is 29.0 Å². The summed E-state index contributed by atoms with van der Waals surface area (Å²) < 4.78 is 39.8. The fourth-order valence-electron chi connectivity index (χ4n) is 4.27. The first-order valence-corrected chi connectivity index (χ1v) is 9.75. The van der Waals surface area contributed by atoms with Crippen LogP contribution in [0.25, 0.3) is 0 Å². The zero-order chi connectivity index (χ0) is 20.3. The van der Waals surface area contributed by atoms with Crippen molar-refractivity contribution in [1.29, 1.82) is 0 Å². The Kier molecular flexibility index (Phi) is 6.59. The lowest BCUT2D eigenvalue weighted by Crippen LogP contribution is -2.48. The molecule has 8 heteroatoms. The highest BCUT2D eigenvalue weighted by Gasteiger charge is 2.33. The molecule has 2 amide bonds. The van der Waals surface area contributed by atoms with Crippen LogP contribution < -0.4 is 5.32 Å². The van der Waals surface area contributed by atoms with E-state index in [1.165, 1.54) is 30.6 Å². The molecule has 1 heterocycles. The summed E-state index contributed by atoms with van der Waals surface area (Å²) in [6.45, 7) is 1.44. The molecule has 154 valence electrons. The number of carbonyl (C=O) groups is 2. The number of nitrogens with one attached hydrogen (secondary N) is 1. The number of anilines is 1. The summed E-state index contributed by atoms with van der Waals surface area (Å²) in [5.41, 5.74) is -0.428. The average Bonchev–Trinajstić information content (AvgIpc) is 2.67. The number of likely N-dealkylation sites (N-methyl/N-ethyl adjacent to an activating group) is 1. The fraction of sp³-hybridized carbons (Fsp3) is 0.600. The number of nitrogens with zero attached hydrogens (tertiary/aromatic N) is 2. The summed E-state index contributed by atoms with van der Waals surface area (Å²) >= 11 is 0. The van der Waals surface area contributed by atoms with Gasteiger partial charge in [0.25, 0.3) is 0 Å². The number of rotatable bonds is 5. The van der Waals surface area contributed by atoms with Crippen molar-refractivity contribution in [1.82, 2.24) is 9.80 Å². The molecule has 28 heavy (non-hydrogen) atoms. The molecule has 2 aliphatic rings. The predicted octanol–water partition coefficient (Wildman–Crippen LogP) is 3.01. The Balaban J connectivity index is 1.48. The van der Waals surface area contributed by atoms with Gasteiger partial charge in [-0.2, -0.15) is 0 Å². The van der Waals surface area contributed by atoms with Gasteiger partial charge in [-0.3, -0.25) is 14.5 Å². The topological polar surface area (TPSA) is 52.7 Å². The summed E-state index contributed by atoms with van der Waals surface area (Å²) in [4.78, 5) is 28.0. The number of halogens is 3. The maximum absolute atomic E-state index is 13.6. The zero-order valence-corrected chi connectivity index (χ0v) is 16.0. The number of fused-ring (bicyclic) bond motifs is 1. The first kappa shape index (κ1) is 20.6. The second kappa shape index (κ2) is 8.94. The predicted molar refractivity (Wildman–Crippen MR) is 99.1 cm³/mol. The van der Waals surface area contributed by atoms with Crippen LogP contribution in [-0.4, -0.2) is 54.8 Å². The van der Waals surface area contributed by atoms with Gasteiger partial charge >= 0.3 is 0 Å². The van der Waals surface area contributed by atoms with Gasteiger partial charge < -0.3 is 10.2 Å². The molecule has 1 saturated carbocycles. The van der Waals surface area contributed by atoms with Crippen LogP contribution in [0.5, 0.6) is 0 Å². The largest absolute Gasteiger partial charge is 0.341 e. The number of hydrogen-bond donors (Lipinski definition) is 1. The van der Waals surface area contributed by atoms with E-state index in [0.717, 1.165) is 37.6 Å². The average molecular weight is 397 g/mol. The van der Waals surface area contributed by atoms with Crippen molar-refractivity contribution >= 4 is 17.5 Å². The number of benzene rings is 1. The smallest absolute Gasteiger partial charge is 0.238 e. The van der Waals surface area contributed by atoms with Gasteiger partial charge in [0.2, 0.25) is 11.8 Å². The summed E-state index contributed by atoms with van der Waals surface area (Å²) in [6, 6.07) is 1.71. The minimum Gasteiger partial charge on any atom is -0.341 e. The van der Waals surface area contributed by atoms with Gasteiger partial charge in [0.05, 0.1) is 18.8 Å². The van der Waals surface area contributed by atoms with Crippen molar-refractivity contribution in [2.75, 3.05) is 38.5 Å². The van der Waals surface area contributed by atoms with Crippen LogP contribution in [0.3, 0.4) is 0 Å². The number of piperidine rings is 1. The molecule has 0 bridgehead atoms. The SMILES string of the molecule is CN(CC(=O)Nc1ccc(F)c(F)c1F)CC(=O)N1CC[C@@H]2CCCC[C@@H]2C1. The summed E-state index contributed by atoms with van der Waals surface area (Å²) in [6.07, 6.45) is 5.98. The van der Waals surface area contributed by atoms with E-state index in [0.29, 0.717) is 5.92 Å². The number of likely N-dealkylation sites (tertiary alicyclic amines) is 1. The van der Waals surface area contributed by atoms with Gasteiger partial charge in [0, 0.05) is 13.1 Å². The van der Waals surface area contributed by atoms with Gasteiger partial charge in [0.15, 0.2) is 17.5 Å². The maximum atomic E-state index is 13.6. The monoisotopic (exact) mass is 397 g/mol. The summed E-state index contributed by atoms with van der Waals surface area (Å²) in [5.74, 6) is -3.72. The molecule has 1 aromatic rings. The fourth-order valence-corrected chi connectivity index (χ4v) is 4.27. The van der Waals surface area contributed by atoms with E-state index in [1.54, 1.807) is 7.05 Å². The zero-order valence-electron chi connectivity index (χ0n) is 16.0. The molecule has 0 spiro atoms. The normalized spacial score (nSPS) is 22.1. The van der Waals surface area contributed by atoms with Crippen molar-refractivity contribution in [3.05, 3.63) is 29.6 Å². The molecule has 1 aliphatic heterocycles. The minimum absolute atomic E-state index is 0.0293. The highest BCUT2D eigenvalue weighted by molar-refractivity contribution is 5.92. The molecule has 0 aromatic heterocycles. The Morgan fingerprint density at radius 3 is 2.54 bits per heavy atom. The molecule has 1 N–H and O–H groups in total. The summed E-state index contributed by atoms with van der Waals surface area (Å²) in [5, 5.41) is 2.21. The van der Waals surface area contributed by atoms with E-state index in [4.69, 9.17) is 0 Å². The van der Waals surface area contributed by atoms with Crippen molar-refractivity contribution in [2.45, 2.75) is 32.1 Å². The van der Waals surface area contributed by atoms with E-state index in [-0.39, 0.29) is 19.0 Å². The molecule has 1 aliphatic carbocycles. The molecule has 1 saturated heterocycles. The van der Waals surface area contributed by atoms with Crippen molar-refractivity contribution in [3.8, 4) is 0 Å². The molecule has 0 radical (unpaired) electrons. The van der Waals surface area contributed by atoms with Gasteiger partial charge in [0.1, 0.15) is 0 Å². The third-order valence-electron chi connectivity index (χ3n) is 5.77. The second-order valence-corrected chi connectivity index (χ2v) is 7.88. The van der Waals surface area contributed by atoms with Crippen LogP contribution in [0, 0.1) is 29.3 Å². The Morgan fingerprint density at radius 2 is 1.79 bits per heavy atom. The van der Waals surface area contributed by atoms with Crippen LogP contribution in [-0.2, 0) is 9.59 Å². The van der Waals surface area contributed by atoms with Crippen molar-refractivity contribution in [2.24, 2.45) is 11.8 Å². The van der Waals surface area contributed by atoms with Crippen LogP contribution >= 0.6 is 0 Å². The van der Waals surface area contributed by atoms with Crippen LogP contribution in [0.4, 0.5) is 18.9 Å². The second-order valence-electron chi connectivity index (χ2n) is 7.88. The number of hydrogen-bond acceptors (Lipinski definition) is 3. The van der Waals surface area contributed by atoms with Gasteiger partial charge in [-0.1, -0.05) is 19.3 Å². The molecule has 1 aromatic carbocycles. The van der Waals surface area contributed by atoms with E-state index in [9.17, 15) is 22.8 Å². The van der Waals surface area contributed by atoms with E-state index >= 15 is 0 Å². The number of carbonyl (C=O) groups excluding carboxylic acids is 2. The van der Waals surface area contributed by atoms with E-state index in [2.05, 4.69) is 5.32 Å². The lowest BCUT2D eigenvalue weighted by Gasteiger charge is -2.41. The Bertz CT molecular complexity index is 744. The molecule has 2 atom stereocenters. The highest BCUT2D eigenvalue weighted by Crippen LogP contribution is 2.36.